The average molecular weight is 451 g/mol. The van der Waals surface area contributed by atoms with Crippen LogP contribution < -0.4 is 0 Å². The van der Waals surface area contributed by atoms with Crippen molar-refractivity contribution in [2.45, 2.75) is 107 Å². The van der Waals surface area contributed by atoms with Crippen LogP contribution in [-0.4, -0.2) is 32.8 Å². The highest BCUT2D eigenvalue weighted by molar-refractivity contribution is 6.21. The zero-order chi connectivity index (χ0) is 22.2. The summed E-state index contributed by atoms with van der Waals surface area (Å²) in [5.74, 6) is 0.171. The first-order chi connectivity index (χ1) is 15.0. The van der Waals surface area contributed by atoms with E-state index in [0.717, 1.165) is 49.7 Å². The molecule has 174 valence electrons. The van der Waals surface area contributed by atoms with Crippen molar-refractivity contribution in [1.29, 1.82) is 0 Å². The van der Waals surface area contributed by atoms with Gasteiger partial charge in [0.25, 0.3) is 0 Å². The minimum absolute atomic E-state index is 0.0319. The van der Waals surface area contributed by atoms with E-state index < -0.39 is 18.2 Å². The summed E-state index contributed by atoms with van der Waals surface area (Å²) in [4.78, 5) is 10.6. The largest absolute Gasteiger partial charge is 0.481 e. The normalized spacial score (nSPS) is 28.0. The van der Waals surface area contributed by atoms with Gasteiger partial charge in [0, 0.05) is 17.7 Å². The summed E-state index contributed by atoms with van der Waals surface area (Å²) < 4.78 is 0. The molecule has 0 heterocycles. The molecular weight excluding hydrogens is 412 g/mol. The fraction of sp³-hybridized carbons (Fsp3) is 0.731. The van der Waals surface area contributed by atoms with Crippen LogP contribution in [0, 0.1) is 11.8 Å². The van der Waals surface area contributed by atoms with Crippen molar-refractivity contribution in [3.63, 3.8) is 0 Å². The third kappa shape index (κ3) is 7.20. The summed E-state index contributed by atoms with van der Waals surface area (Å²) in [7, 11) is 0. The van der Waals surface area contributed by atoms with Gasteiger partial charge in [0.05, 0.1) is 12.2 Å². The van der Waals surface area contributed by atoms with Crippen LogP contribution in [0.25, 0.3) is 0 Å². The number of hydrogen-bond acceptors (Lipinski definition) is 3. The molecule has 31 heavy (non-hydrogen) atoms. The maximum atomic E-state index is 10.7. The number of carboxylic acid groups (broad SMARTS) is 1. The number of aliphatic carboxylic acids is 1. The second-order valence-corrected chi connectivity index (χ2v) is 10.3. The van der Waals surface area contributed by atoms with Gasteiger partial charge in [-0.15, -0.1) is 11.6 Å². The molecule has 0 aromatic heterocycles. The predicted octanol–water partition coefficient (Wildman–Crippen LogP) is 6.19. The molecule has 5 atom stereocenters. The molecule has 0 spiro atoms. The highest BCUT2D eigenvalue weighted by Crippen LogP contribution is 2.45. The number of alkyl halides is 1. The SMILES string of the molecule is O=C(O)CCCCCC[C@@H]1[C@@H](c2ccc(C(O)CC3CCCCC3)cc2)[C@H](O)C[C@H]1Cl. The fourth-order valence-electron chi connectivity index (χ4n) is 5.72. The maximum absolute atomic E-state index is 10.7. The Bertz CT molecular complexity index is 670. The van der Waals surface area contributed by atoms with Gasteiger partial charge in [0.1, 0.15) is 0 Å². The number of hydrogen-bond donors (Lipinski definition) is 3. The van der Waals surface area contributed by atoms with Crippen LogP contribution >= 0.6 is 11.6 Å². The van der Waals surface area contributed by atoms with E-state index in [1.165, 1.54) is 32.1 Å². The van der Waals surface area contributed by atoms with E-state index in [9.17, 15) is 15.0 Å². The first kappa shape index (κ1) is 24.5. The quantitative estimate of drug-likeness (QED) is 0.277. The topological polar surface area (TPSA) is 77.8 Å². The van der Waals surface area contributed by atoms with Crippen molar-refractivity contribution in [1.82, 2.24) is 0 Å². The fourth-order valence-corrected chi connectivity index (χ4v) is 6.18. The lowest BCUT2D eigenvalue weighted by Gasteiger charge is -2.26. The number of carboxylic acids is 1. The number of unbranched alkanes of at least 4 members (excludes halogenated alkanes) is 3. The van der Waals surface area contributed by atoms with E-state index in [4.69, 9.17) is 16.7 Å². The van der Waals surface area contributed by atoms with Crippen LogP contribution in [-0.2, 0) is 4.79 Å². The second-order valence-electron chi connectivity index (χ2n) is 9.78. The standard InChI is InChI=1S/C26H39ClO4/c27-22-17-24(29)26(21(22)10-6-1-2-7-11-25(30)31)20-14-12-19(13-15-20)23(28)16-18-8-4-3-5-9-18/h12-15,18,21-24,26,28-29H,1-11,16-17H2,(H,30,31)/t21-,22+,23?,24+,26+/m0/s1. The van der Waals surface area contributed by atoms with Gasteiger partial charge < -0.3 is 15.3 Å². The van der Waals surface area contributed by atoms with Crippen molar-refractivity contribution in [2.24, 2.45) is 11.8 Å². The van der Waals surface area contributed by atoms with Crippen LogP contribution in [0.15, 0.2) is 24.3 Å². The van der Waals surface area contributed by atoms with E-state index in [-0.39, 0.29) is 23.6 Å². The van der Waals surface area contributed by atoms with E-state index in [0.29, 0.717) is 12.3 Å². The van der Waals surface area contributed by atoms with Gasteiger partial charge >= 0.3 is 5.97 Å². The molecular formula is C26H39ClO4. The molecule has 2 aliphatic rings. The molecule has 0 radical (unpaired) electrons. The van der Waals surface area contributed by atoms with Crippen molar-refractivity contribution in [2.75, 3.05) is 0 Å². The highest BCUT2D eigenvalue weighted by Gasteiger charge is 2.41. The smallest absolute Gasteiger partial charge is 0.303 e. The molecule has 1 unspecified atom stereocenters. The Kier molecular flexibility index (Phi) is 9.68. The zero-order valence-corrected chi connectivity index (χ0v) is 19.3. The molecule has 0 saturated heterocycles. The maximum Gasteiger partial charge on any atom is 0.303 e. The number of aliphatic hydroxyl groups is 2. The number of carbonyl (C=O) groups is 1. The van der Waals surface area contributed by atoms with E-state index in [1.807, 2.05) is 12.1 Å². The van der Waals surface area contributed by atoms with Crippen molar-refractivity contribution in [3.8, 4) is 0 Å². The summed E-state index contributed by atoms with van der Waals surface area (Å²) >= 11 is 6.61. The summed E-state index contributed by atoms with van der Waals surface area (Å²) in [6.45, 7) is 0. The summed E-state index contributed by atoms with van der Waals surface area (Å²) in [5.41, 5.74) is 2.08. The van der Waals surface area contributed by atoms with Crippen molar-refractivity contribution >= 4 is 17.6 Å². The Morgan fingerprint density at radius 2 is 1.71 bits per heavy atom. The van der Waals surface area contributed by atoms with Crippen molar-refractivity contribution in [3.05, 3.63) is 35.4 Å². The summed E-state index contributed by atoms with van der Waals surface area (Å²) in [6, 6.07) is 8.20. The Hall–Kier alpha value is -1.10. The number of halogens is 1. The Balaban J connectivity index is 1.54. The molecule has 0 amide bonds. The highest BCUT2D eigenvalue weighted by atomic mass is 35.5. The summed E-state index contributed by atoms with van der Waals surface area (Å²) in [6.07, 6.45) is 11.8. The Labute approximate surface area is 192 Å². The number of rotatable bonds is 11. The first-order valence-electron chi connectivity index (χ1n) is 12.3. The summed E-state index contributed by atoms with van der Waals surface area (Å²) in [5, 5.41) is 30.1. The van der Waals surface area contributed by atoms with E-state index in [1.54, 1.807) is 0 Å². The monoisotopic (exact) mass is 450 g/mol. The molecule has 2 fully saturated rings. The minimum atomic E-state index is -0.730. The Morgan fingerprint density at radius 1 is 1.03 bits per heavy atom. The molecule has 3 rings (SSSR count). The first-order valence-corrected chi connectivity index (χ1v) is 12.7. The molecule has 4 nitrogen and oxygen atoms in total. The van der Waals surface area contributed by atoms with Crippen LogP contribution in [0.5, 0.6) is 0 Å². The molecule has 3 N–H and O–H groups in total. The number of aliphatic hydroxyl groups excluding tert-OH is 2. The minimum Gasteiger partial charge on any atom is -0.481 e. The van der Waals surface area contributed by atoms with Crippen LogP contribution in [0.1, 0.15) is 107 Å². The van der Waals surface area contributed by atoms with Crippen molar-refractivity contribution < 1.29 is 20.1 Å². The predicted molar refractivity (Wildman–Crippen MR) is 124 cm³/mol. The van der Waals surface area contributed by atoms with Crippen LogP contribution in [0.2, 0.25) is 0 Å². The van der Waals surface area contributed by atoms with Crippen LogP contribution in [0.4, 0.5) is 0 Å². The molecule has 5 heteroatoms. The van der Waals surface area contributed by atoms with Gasteiger partial charge in [0.15, 0.2) is 0 Å². The van der Waals surface area contributed by atoms with Gasteiger partial charge in [-0.05, 0) is 48.6 Å². The van der Waals surface area contributed by atoms with Crippen LogP contribution in [0.3, 0.4) is 0 Å². The molecule has 1 aromatic rings. The van der Waals surface area contributed by atoms with E-state index in [2.05, 4.69) is 12.1 Å². The average Bonchev–Trinajstić information content (AvgIpc) is 3.04. The lowest BCUT2D eigenvalue weighted by atomic mass is 9.82. The molecule has 0 aliphatic heterocycles. The lowest BCUT2D eigenvalue weighted by molar-refractivity contribution is -0.137. The van der Waals surface area contributed by atoms with Gasteiger partial charge in [-0.1, -0.05) is 75.6 Å². The van der Waals surface area contributed by atoms with Gasteiger partial charge in [-0.3, -0.25) is 4.79 Å². The van der Waals surface area contributed by atoms with Gasteiger partial charge in [0.2, 0.25) is 0 Å². The number of benzene rings is 1. The third-order valence-electron chi connectivity index (χ3n) is 7.47. The zero-order valence-electron chi connectivity index (χ0n) is 18.6. The Morgan fingerprint density at radius 3 is 2.39 bits per heavy atom. The van der Waals surface area contributed by atoms with Gasteiger partial charge in [-0.2, -0.15) is 0 Å². The lowest BCUT2D eigenvalue weighted by Crippen LogP contribution is -2.19. The van der Waals surface area contributed by atoms with Gasteiger partial charge in [-0.25, -0.2) is 0 Å². The molecule has 1 aromatic carbocycles. The second kappa shape index (κ2) is 12.2. The molecule has 0 bridgehead atoms. The third-order valence-corrected chi connectivity index (χ3v) is 7.97. The van der Waals surface area contributed by atoms with E-state index >= 15 is 0 Å². The molecule has 2 aliphatic carbocycles. The molecule has 2 saturated carbocycles.